The first-order valence-electron chi connectivity index (χ1n) is 16.8. The quantitative estimate of drug-likeness (QED) is 0.0993. The topological polar surface area (TPSA) is 238 Å². The molecule has 13 N–H and O–H groups in total. The molecule has 6 rings (SSSR count). The number of benzene rings is 2. The molecule has 2 aliphatic rings. The van der Waals surface area contributed by atoms with Gasteiger partial charge in [0.05, 0.1) is 35.4 Å². The fourth-order valence-corrected chi connectivity index (χ4v) is 8.80. The molecular weight excluding hydrogens is 663 g/mol. The van der Waals surface area contributed by atoms with Gasteiger partial charge in [-0.3, -0.25) is 9.59 Å². The van der Waals surface area contributed by atoms with Gasteiger partial charge in [-0.25, -0.2) is 4.79 Å². The summed E-state index contributed by atoms with van der Waals surface area (Å²) in [4.78, 5) is 34.8. The number of nitrogens with two attached hydrogens (primary N) is 6. The second-order valence-electron chi connectivity index (χ2n) is 12.9. The highest BCUT2D eigenvalue weighted by Gasteiger charge is 2.22. The van der Waals surface area contributed by atoms with E-state index in [4.69, 9.17) is 43.9 Å². The van der Waals surface area contributed by atoms with Crippen LogP contribution in [0.1, 0.15) is 81.8 Å². The van der Waals surface area contributed by atoms with Crippen LogP contribution in [0.2, 0.25) is 0 Å². The molecule has 2 saturated carbocycles. The van der Waals surface area contributed by atoms with E-state index in [0.29, 0.717) is 71.4 Å². The third-order valence-electron chi connectivity index (χ3n) is 9.20. The van der Waals surface area contributed by atoms with Crippen molar-refractivity contribution in [1.82, 2.24) is 5.32 Å². The lowest BCUT2D eigenvalue weighted by Crippen LogP contribution is -2.30. The van der Waals surface area contributed by atoms with E-state index in [9.17, 15) is 14.4 Å². The van der Waals surface area contributed by atoms with Crippen LogP contribution in [0.15, 0.2) is 24.3 Å². The minimum atomic E-state index is -0.555. The zero-order chi connectivity index (χ0) is 35.1. The van der Waals surface area contributed by atoms with Gasteiger partial charge in [-0.1, -0.05) is 25.7 Å². The molecule has 2 aromatic heterocycles. The third-order valence-corrected chi connectivity index (χ3v) is 11.5. The lowest BCUT2D eigenvalue weighted by Gasteiger charge is -2.14. The second kappa shape index (κ2) is 16.4. The van der Waals surface area contributed by atoms with Crippen LogP contribution in [-0.4, -0.2) is 44.1 Å². The first-order valence-corrected chi connectivity index (χ1v) is 18.5. The standard InChI is InChI=1S/C18H24N4O3S.C17H23N3O2S/c19-15-14-12(25-9-10-3-1-2-4-10)7-11(5-6-22-18(21)24)8-13(14)26-16(15)17(20)23;18-6-5-11-7-12(22-9-10-3-1-2-4-10)14-13(8-11)23-16(15(14)19)17(20)21/h7-8,10H,1-6,9,19H2,(H2,20,23)(H3,21,22,24);7-8,10H,1-6,9,18-19H2,(H2,20,21). The predicted octanol–water partition coefficient (Wildman–Crippen LogP) is 5.01. The minimum absolute atomic E-state index is 0.345. The number of nitrogen functional groups attached to an aromatic ring is 2. The van der Waals surface area contributed by atoms with E-state index in [1.54, 1.807) is 0 Å². The molecule has 0 atom stereocenters. The molecule has 0 unspecified atom stereocenters. The Balaban J connectivity index is 0.000000192. The number of anilines is 2. The van der Waals surface area contributed by atoms with Crippen molar-refractivity contribution in [3.8, 4) is 11.5 Å². The van der Waals surface area contributed by atoms with Crippen molar-refractivity contribution in [1.29, 1.82) is 0 Å². The van der Waals surface area contributed by atoms with Crippen LogP contribution in [0, 0.1) is 11.8 Å². The molecule has 0 saturated heterocycles. The summed E-state index contributed by atoms with van der Waals surface area (Å²) in [5.74, 6) is 1.55. The van der Waals surface area contributed by atoms with E-state index in [0.717, 1.165) is 43.5 Å². The fourth-order valence-electron chi connectivity index (χ4n) is 6.69. The summed E-state index contributed by atoms with van der Waals surface area (Å²) in [5.41, 5.74) is 36.9. The van der Waals surface area contributed by atoms with Crippen molar-refractivity contribution in [3.63, 3.8) is 0 Å². The lowest BCUT2D eigenvalue weighted by atomic mass is 10.1. The van der Waals surface area contributed by atoms with Gasteiger partial charge in [0.25, 0.3) is 11.8 Å². The summed E-state index contributed by atoms with van der Waals surface area (Å²) in [7, 11) is 0. The summed E-state index contributed by atoms with van der Waals surface area (Å²) < 4.78 is 14.0. The Morgan fingerprint density at radius 3 is 1.51 bits per heavy atom. The monoisotopic (exact) mass is 709 g/mol. The number of ether oxygens (including phenoxy) is 2. The second-order valence-corrected chi connectivity index (χ2v) is 15.0. The maximum atomic E-state index is 11.7. The Kier molecular flexibility index (Phi) is 12.1. The number of amides is 4. The van der Waals surface area contributed by atoms with Gasteiger partial charge in [-0.15, -0.1) is 22.7 Å². The van der Waals surface area contributed by atoms with E-state index in [-0.39, 0.29) is 0 Å². The minimum Gasteiger partial charge on any atom is -0.493 e. The number of primary amides is 3. The van der Waals surface area contributed by atoms with Gasteiger partial charge in [0.2, 0.25) is 0 Å². The van der Waals surface area contributed by atoms with Gasteiger partial charge in [0.15, 0.2) is 0 Å². The normalized spacial score (nSPS) is 15.0. The Morgan fingerprint density at radius 2 is 1.12 bits per heavy atom. The molecule has 49 heavy (non-hydrogen) atoms. The Morgan fingerprint density at radius 1 is 0.694 bits per heavy atom. The average Bonchev–Trinajstić information content (AvgIpc) is 3.87. The van der Waals surface area contributed by atoms with Gasteiger partial charge in [0.1, 0.15) is 21.3 Å². The Bertz CT molecular complexity index is 1810. The molecule has 0 aliphatic heterocycles. The van der Waals surface area contributed by atoms with Gasteiger partial charge >= 0.3 is 6.03 Å². The predicted molar refractivity (Wildman–Crippen MR) is 198 cm³/mol. The molecule has 2 heterocycles. The van der Waals surface area contributed by atoms with Crippen LogP contribution >= 0.6 is 22.7 Å². The molecule has 12 nitrogen and oxygen atoms in total. The molecule has 0 bridgehead atoms. The first-order chi connectivity index (χ1) is 23.5. The molecule has 4 amide bonds. The molecular formula is C35H47N7O5S2. The molecule has 14 heteroatoms. The molecule has 4 aromatic rings. The maximum Gasteiger partial charge on any atom is 0.312 e. The Hall–Kier alpha value is -4.27. The SMILES string of the molecule is NC(=O)NCCc1cc(OCC2CCCC2)c2c(N)c(C(N)=O)sc2c1.NCCc1cc(OCC2CCCC2)c2c(N)c(C(N)=O)sc2c1. The molecule has 0 spiro atoms. The number of carbonyl (C=O) groups excluding carboxylic acids is 3. The number of urea groups is 1. The van der Waals surface area contributed by atoms with Crippen LogP contribution in [0.4, 0.5) is 16.2 Å². The highest BCUT2D eigenvalue weighted by Crippen LogP contribution is 2.42. The van der Waals surface area contributed by atoms with E-state index < -0.39 is 17.8 Å². The van der Waals surface area contributed by atoms with Crippen LogP contribution < -0.4 is 49.2 Å². The lowest BCUT2D eigenvalue weighted by molar-refractivity contribution is 0.0996. The van der Waals surface area contributed by atoms with Gasteiger partial charge < -0.3 is 49.2 Å². The largest absolute Gasteiger partial charge is 0.493 e. The summed E-state index contributed by atoms with van der Waals surface area (Å²) in [5, 5.41) is 4.13. The van der Waals surface area contributed by atoms with Crippen LogP contribution in [-0.2, 0) is 12.8 Å². The molecule has 2 aromatic carbocycles. The number of hydrogen-bond acceptors (Lipinski definition) is 10. The summed E-state index contributed by atoms with van der Waals surface area (Å²) >= 11 is 2.59. The van der Waals surface area contributed by atoms with E-state index in [1.165, 1.54) is 74.0 Å². The summed E-state index contributed by atoms with van der Waals surface area (Å²) in [6.45, 7) is 2.32. The number of hydrogen-bond donors (Lipinski definition) is 7. The number of carbonyl (C=O) groups is 3. The summed E-state index contributed by atoms with van der Waals surface area (Å²) in [6.07, 6.45) is 11.2. The highest BCUT2D eigenvalue weighted by molar-refractivity contribution is 7.22. The van der Waals surface area contributed by atoms with Crippen molar-refractivity contribution in [2.45, 2.75) is 64.2 Å². The molecule has 0 radical (unpaired) electrons. The summed E-state index contributed by atoms with van der Waals surface area (Å²) in [6, 6.07) is 7.35. The van der Waals surface area contributed by atoms with E-state index >= 15 is 0 Å². The molecule has 2 fully saturated rings. The van der Waals surface area contributed by atoms with Gasteiger partial charge in [0, 0.05) is 15.9 Å². The first kappa shape index (κ1) is 36.0. The smallest absolute Gasteiger partial charge is 0.312 e. The number of thiophene rings is 2. The molecule has 264 valence electrons. The van der Waals surface area contributed by atoms with Crippen molar-refractivity contribution in [2.75, 3.05) is 37.8 Å². The Labute approximate surface area is 293 Å². The number of nitrogens with one attached hydrogen (secondary N) is 1. The zero-order valence-corrected chi connectivity index (χ0v) is 29.3. The zero-order valence-electron chi connectivity index (χ0n) is 27.7. The van der Waals surface area contributed by atoms with Crippen molar-refractivity contribution >= 4 is 72.1 Å². The fraction of sp³-hybridized carbons (Fsp3) is 0.457. The van der Waals surface area contributed by atoms with Crippen LogP contribution in [0.5, 0.6) is 11.5 Å². The number of fused-ring (bicyclic) bond motifs is 2. The third kappa shape index (κ3) is 8.86. The van der Waals surface area contributed by atoms with Crippen molar-refractivity contribution < 1.29 is 23.9 Å². The van der Waals surface area contributed by atoms with Crippen LogP contribution in [0.3, 0.4) is 0 Å². The van der Waals surface area contributed by atoms with Gasteiger partial charge in [-0.05, 0) is 92.3 Å². The van der Waals surface area contributed by atoms with Gasteiger partial charge in [-0.2, -0.15) is 0 Å². The number of rotatable bonds is 13. The van der Waals surface area contributed by atoms with E-state index in [2.05, 4.69) is 5.32 Å². The highest BCUT2D eigenvalue weighted by atomic mass is 32.1. The van der Waals surface area contributed by atoms with Crippen molar-refractivity contribution in [2.24, 2.45) is 34.8 Å². The van der Waals surface area contributed by atoms with Crippen molar-refractivity contribution in [3.05, 3.63) is 45.1 Å². The maximum absolute atomic E-state index is 11.7. The van der Waals surface area contributed by atoms with Crippen LogP contribution in [0.25, 0.3) is 20.2 Å². The van der Waals surface area contributed by atoms with E-state index in [1.807, 2.05) is 24.3 Å². The average molecular weight is 710 g/mol. The molecule has 2 aliphatic carbocycles.